The molecule has 0 aromatic rings. The van der Waals surface area contributed by atoms with Gasteiger partial charge in [-0.25, -0.2) is 0 Å². The molecule has 0 saturated carbocycles. The Balaban J connectivity index is 2.02. The van der Waals surface area contributed by atoms with Gasteiger partial charge in [0.2, 0.25) is 55.7 Å². The second-order valence-electron chi connectivity index (χ2n) is 0.919. The number of rotatable bonds is 0. The summed E-state index contributed by atoms with van der Waals surface area (Å²) in [5.41, 5.74) is 0. The molecule has 1 aliphatic rings. The molecule has 0 N–H and O–H groups in total. The molecule has 12 radical (unpaired) electrons. The van der Waals surface area contributed by atoms with Crippen molar-refractivity contribution in [2.75, 3.05) is 0 Å². The lowest BCUT2D eigenvalue weighted by Gasteiger charge is -1.92. The molecule has 1 rings (SSSR count). The molecule has 0 atom stereocenters. The molecule has 3 nitrogen and oxygen atoms in total. The first kappa shape index (κ1) is 8.28. The van der Waals surface area contributed by atoms with E-state index < -0.39 is 0 Å². The van der Waals surface area contributed by atoms with Crippen LogP contribution >= 0.6 is 0 Å². The molecule has 0 amide bonds. The Morgan fingerprint density at radius 3 is 0.889 bits per heavy atom. The van der Waals surface area contributed by atoms with E-state index in [1.165, 1.54) is 0 Å². The highest BCUT2D eigenvalue weighted by molar-refractivity contribution is 7.09. The first-order valence-electron chi connectivity index (χ1n) is 1.97. The lowest BCUT2D eigenvalue weighted by Crippen LogP contribution is -2.16. The van der Waals surface area contributed by atoms with Crippen LogP contribution < -0.4 is 0 Å². The summed E-state index contributed by atoms with van der Waals surface area (Å²) in [4.78, 5) is 0. The van der Waals surface area contributed by atoms with E-state index >= 15 is 0 Å². The lowest BCUT2D eigenvalue weighted by molar-refractivity contribution is 0.639. The van der Waals surface area contributed by atoms with E-state index in [-0.39, 0.29) is 0 Å². The van der Waals surface area contributed by atoms with Crippen LogP contribution in [0.25, 0.3) is 0 Å². The van der Waals surface area contributed by atoms with Crippen molar-refractivity contribution in [2.24, 2.45) is 0 Å². The summed E-state index contributed by atoms with van der Waals surface area (Å²) >= 11 is 0. The minimum absolute atomic E-state index is 0.542. The molecule has 9 heteroatoms. The van der Waals surface area contributed by atoms with Crippen LogP contribution in [0.4, 0.5) is 0 Å². The Morgan fingerprint density at radius 1 is 0.444 bits per heavy atom. The quantitative estimate of drug-likeness (QED) is 0.420. The van der Waals surface area contributed by atoms with Gasteiger partial charge in [0.1, 0.15) is 0 Å². The summed E-state index contributed by atoms with van der Waals surface area (Å²) in [6.45, 7) is 0. The van der Waals surface area contributed by atoms with Crippen molar-refractivity contribution in [1.82, 2.24) is 0 Å². The third-order valence-electron chi connectivity index (χ3n) is 0.431. The lowest BCUT2D eigenvalue weighted by atomic mass is 15.8. The minimum Gasteiger partial charge on any atom is -0.458 e. The molecule has 1 aliphatic heterocycles. The van der Waals surface area contributed by atoms with Gasteiger partial charge in [0.15, 0.2) is 0 Å². The van der Waals surface area contributed by atoms with Crippen molar-refractivity contribution in [3.8, 4) is 0 Å². The van der Waals surface area contributed by atoms with Crippen molar-refractivity contribution < 1.29 is 12.3 Å². The highest BCUT2D eigenvalue weighted by atomic mass is 29.2. The smallest absolute Gasteiger partial charge is 0.229 e. The van der Waals surface area contributed by atoms with Crippen LogP contribution in [0.3, 0.4) is 0 Å². The van der Waals surface area contributed by atoms with Crippen LogP contribution in [0, 0.1) is 0 Å². The third-order valence-corrected chi connectivity index (χ3v) is 9.39. The van der Waals surface area contributed by atoms with Crippen molar-refractivity contribution >= 4 is 55.7 Å². The zero-order chi connectivity index (χ0) is 6.36. The van der Waals surface area contributed by atoms with Crippen LogP contribution in [0.5, 0.6) is 0 Å². The zero-order valence-electron chi connectivity index (χ0n) is 4.22. The van der Waals surface area contributed by atoms with E-state index in [4.69, 9.17) is 12.3 Å². The fourth-order valence-corrected chi connectivity index (χ4v) is 9.58. The minimum atomic E-state index is 0.542. The SMILES string of the molecule is O1[Si][Si]O[Si][Si]O[Si][Si]1. The third kappa shape index (κ3) is 4.57. The van der Waals surface area contributed by atoms with Gasteiger partial charge in [-0.15, -0.1) is 0 Å². The molecule has 0 bridgehead atoms. The van der Waals surface area contributed by atoms with Gasteiger partial charge in [-0.1, -0.05) is 0 Å². The second-order valence-corrected chi connectivity index (χ2v) is 8.27. The van der Waals surface area contributed by atoms with Crippen LogP contribution in [-0.2, 0) is 12.3 Å². The molecule has 0 aliphatic carbocycles. The second kappa shape index (κ2) is 5.93. The normalized spacial score (nSPS) is 24.0. The maximum Gasteiger partial charge on any atom is 0.229 e. The summed E-state index contributed by atoms with van der Waals surface area (Å²) in [7, 11) is 3.25. The average molecular weight is 217 g/mol. The van der Waals surface area contributed by atoms with Gasteiger partial charge in [0.25, 0.3) is 0 Å². The van der Waals surface area contributed by atoms with Crippen molar-refractivity contribution in [3.05, 3.63) is 0 Å². The van der Waals surface area contributed by atoms with Gasteiger partial charge in [-0.3, -0.25) is 0 Å². The van der Waals surface area contributed by atoms with Crippen molar-refractivity contribution in [2.45, 2.75) is 0 Å². The largest absolute Gasteiger partial charge is 0.458 e. The predicted molar refractivity (Wildman–Crippen MR) is 37.8 cm³/mol. The van der Waals surface area contributed by atoms with E-state index in [9.17, 15) is 0 Å². The molecule has 1 fully saturated rings. The van der Waals surface area contributed by atoms with Gasteiger partial charge < -0.3 is 12.3 Å². The van der Waals surface area contributed by atoms with Gasteiger partial charge in [0, 0.05) is 0 Å². The summed E-state index contributed by atoms with van der Waals surface area (Å²) in [6, 6.07) is 0. The summed E-state index contributed by atoms with van der Waals surface area (Å²) in [5.74, 6) is 0. The van der Waals surface area contributed by atoms with Gasteiger partial charge >= 0.3 is 0 Å². The Labute approximate surface area is 68.3 Å². The molecule has 42 valence electrons. The Bertz CT molecular complexity index is 36.8. The first-order valence-corrected chi connectivity index (χ1v) is 10.4. The van der Waals surface area contributed by atoms with Gasteiger partial charge in [-0.2, -0.15) is 0 Å². The molecule has 0 aromatic heterocycles. The van der Waals surface area contributed by atoms with E-state index in [1.807, 2.05) is 0 Å². The van der Waals surface area contributed by atoms with Crippen molar-refractivity contribution in [3.63, 3.8) is 0 Å². The summed E-state index contributed by atoms with van der Waals surface area (Å²) in [6.07, 6.45) is 0. The molecule has 1 heterocycles. The number of hydrogen-bond acceptors (Lipinski definition) is 3. The fraction of sp³-hybridized carbons (Fsp3) is 0. The summed E-state index contributed by atoms with van der Waals surface area (Å²) in [5, 5.41) is 0. The topological polar surface area (TPSA) is 27.7 Å². The highest BCUT2D eigenvalue weighted by Crippen LogP contribution is 1.74. The molecule has 0 unspecified atom stereocenters. The van der Waals surface area contributed by atoms with E-state index in [0.717, 1.165) is 0 Å². The molecule has 9 heavy (non-hydrogen) atoms. The van der Waals surface area contributed by atoms with Gasteiger partial charge in [-0.05, 0) is 0 Å². The predicted octanol–water partition coefficient (Wildman–Crippen LogP) is -2.49. The Hall–Kier alpha value is 1.18. The van der Waals surface area contributed by atoms with Crippen LogP contribution in [0.15, 0.2) is 0 Å². The van der Waals surface area contributed by atoms with E-state index in [0.29, 0.717) is 55.7 Å². The summed E-state index contributed by atoms with van der Waals surface area (Å²) < 4.78 is 15.6. The first-order chi connectivity index (χ1) is 4.50. The van der Waals surface area contributed by atoms with Crippen LogP contribution in [-0.4, -0.2) is 55.7 Å². The monoisotopic (exact) mass is 216 g/mol. The van der Waals surface area contributed by atoms with Gasteiger partial charge in [0.05, 0.1) is 0 Å². The van der Waals surface area contributed by atoms with E-state index in [2.05, 4.69) is 0 Å². The maximum absolute atomic E-state index is 5.19. The molecular weight excluding hydrogens is 217 g/mol. The zero-order valence-corrected chi connectivity index (χ0v) is 10.2. The fourth-order valence-electron chi connectivity index (χ4n) is 0.202. The van der Waals surface area contributed by atoms with Crippen LogP contribution in [0.2, 0.25) is 0 Å². The Morgan fingerprint density at radius 2 is 0.667 bits per heavy atom. The molecular formula is O3Si6. The molecule has 0 spiro atoms. The number of hydrogen-bond donors (Lipinski definition) is 0. The Kier molecular flexibility index (Phi) is 5.45. The van der Waals surface area contributed by atoms with Crippen molar-refractivity contribution in [1.29, 1.82) is 0 Å². The van der Waals surface area contributed by atoms with Crippen LogP contribution in [0.1, 0.15) is 0 Å². The average Bonchev–Trinajstić information content (AvgIpc) is 2.00. The molecule has 1 saturated heterocycles. The molecule has 0 aromatic carbocycles. The highest BCUT2D eigenvalue weighted by Gasteiger charge is 2.04. The standard InChI is InChI=1S/O3Si6/c1-4-6-2-8-9-3-7-5-1. The van der Waals surface area contributed by atoms with E-state index in [1.54, 1.807) is 0 Å². The maximum atomic E-state index is 5.19.